The molecule has 0 unspecified atom stereocenters. The Labute approximate surface area is 156 Å². The Bertz CT molecular complexity index is 824. The van der Waals surface area contributed by atoms with Crippen LogP contribution < -0.4 is 0 Å². The van der Waals surface area contributed by atoms with Crippen LogP contribution in [0, 0.1) is 0 Å². The molecule has 0 aliphatic rings. The maximum atomic E-state index is 13.0. The lowest BCUT2D eigenvalue weighted by molar-refractivity contribution is -0.376. The number of halogens is 6. The van der Waals surface area contributed by atoms with E-state index in [0.29, 0.717) is 23.7 Å². The molecule has 5 nitrogen and oxygen atoms in total. The molecule has 0 radical (unpaired) electrons. The maximum Gasteiger partial charge on any atom is 0.430 e. The molecule has 0 atom stereocenters. The number of oxime groups is 1. The van der Waals surface area contributed by atoms with E-state index in [-0.39, 0.29) is 11.6 Å². The Balaban J connectivity index is 2.59. The molecule has 0 saturated heterocycles. The van der Waals surface area contributed by atoms with Gasteiger partial charge in [0.05, 0.1) is 18.1 Å². The summed E-state index contributed by atoms with van der Waals surface area (Å²) in [7, 11) is 1.31. The van der Waals surface area contributed by atoms with Crippen molar-refractivity contribution in [3.63, 3.8) is 0 Å². The molecule has 1 aromatic heterocycles. The van der Waals surface area contributed by atoms with Crippen LogP contribution >= 0.6 is 0 Å². The van der Waals surface area contributed by atoms with Gasteiger partial charge in [0.1, 0.15) is 12.9 Å². The first-order valence-electron chi connectivity index (χ1n) is 7.95. The molecule has 1 heterocycles. The monoisotopic (exact) mass is 409 g/mol. The van der Waals surface area contributed by atoms with E-state index in [1.165, 1.54) is 24.1 Å². The molecule has 0 fully saturated rings. The number of rotatable bonds is 5. The van der Waals surface area contributed by atoms with Crippen molar-refractivity contribution in [3.8, 4) is 5.69 Å². The molecule has 11 heteroatoms. The van der Waals surface area contributed by atoms with Gasteiger partial charge >= 0.3 is 12.4 Å². The summed E-state index contributed by atoms with van der Waals surface area (Å²) >= 11 is 0. The van der Waals surface area contributed by atoms with Crippen LogP contribution in [-0.4, -0.2) is 40.3 Å². The summed E-state index contributed by atoms with van der Waals surface area (Å²) in [5.41, 5.74) is -5.67. The number of benzene rings is 1. The van der Waals surface area contributed by atoms with Gasteiger partial charge in [-0.2, -0.15) is 26.3 Å². The minimum atomic E-state index is -5.94. The van der Waals surface area contributed by atoms with E-state index in [1.807, 2.05) is 13.8 Å². The lowest BCUT2D eigenvalue weighted by atomic mass is 9.92. The molecule has 0 aliphatic carbocycles. The molecular formula is C17H17F6N3O2. The molecule has 1 aromatic carbocycles. The SMILES string of the molecule is CO/N=C/c1cnc(C(C)C)n1-c1ccc(C(O)(C(F)(F)F)C(F)(F)F)cc1. The topological polar surface area (TPSA) is 59.6 Å². The molecule has 0 amide bonds. The first-order valence-corrected chi connectivity index (χ1v) is 7.95. The fourth-order valence-electron chi connectivity index (χ4n) is 2.61. The van der Waals surface area contributed by atoms with Crippen LogP contribution in [0.1, 0.15) is 36.8 Å². The van der Waals surface area contributed by atoms with Crippen LogP contribution in [0.3, 0.4) is 0 Å². The molecule has 0 aliphatic heterocycles. The van der Waals surface area contributed by atoms with E-state index >= 15 is 0 Å². The number of aromatic nitrogens is 2. The van der Waals surface area contributed by atoms with E-state index in [4.69, 9.17) is 0 Å². The molecule has 0 saturated carbocycles. The minimum absolute atomic E-state index is 0.105. The minimum Gasteiger partial charge on any atom is -0.399 e. The fraction of sp³-hybridized carbons (Fsp3) is 0.412. The van der Waals surface area contributed by atoms with Crippen molar-refractivity contribution in [2.75, 3.05) is 7.11 Å². The standard InChI is InChI=1S/C17H17F6N3O2/c1-10(2)14-24-8-13(9-25-28-3)26(14)12-6-4-11(5-7-12)15(27,16(18,19)20)17(21,22)23/h4-10,27H,1-3H3/b25-9+. The van der Waals surface area contributed by atoms with E-state index in [0.717, 1.165) is 12.1 Å². The first kappa shape index (κ1) is 21.7. The van der Waals surface area contributed by atoms with Crippen molar-refractivity contribution in [2.24, 2.45) is 5.16 Å². The van der Waals surface area contributed by atoms with Crippen molar-refractivity contribution in [1.82, 2.24) is 9.55 Å². The Kier molecular flexibility index (Phi) is 5.79. The Hall–Kier alpha value is -2.56. The number of hydrogen-bond acceptors (Lipinski definition) is 4. The van der Waals surface area contributed by atoms with Gasteiger partial charge in [-0.1, -0.05) is 31.1 Å². The summed E-state index contributed by atoms with van der Waals surface area (Å²) in [6.07, 6.45) is -9.15. The quantitative estimate of drug-likeness (QED) is 0.455. The highest BCUT2D eigenvalue weighted by Crippen LogP contribution is 2.50. The van der Waals surface area contributed by atoms with Gasteiger partial charge in [-0.15, -0.1) is 0 Å². The van der Waals surface area contributed by atoms with Gasteiger partial charge in [-0.25, -0.2) is 4.98 Å². The Morgan fingerprint density at radius 1 is 1.07 bits per heavy atom. The van der Waals surface area contributed by atoms with Crippen molar-refractivity contribution in [2.45, 2.75) is 37.7 Å². The van der Waals surface area contributed by atoms with Gasteiger partial charge in [0.15, 0.2) is 0 Å². The Morgan fingerprint density at radius 3 is 2.04 bits per heavy atom. The van der Waals surface area contributed by atoms with Crippen LogP contribution in [0.15, 0.2) is 35.6 Å². The van der Waals surface area contributed by atoms with Crippen molar-refractivity contribution >= 4 is 6.21 Å². The highest BCUT2D eigenvalue weighted by Gasteiger charge is 2.71. The zero-order chi connectivity index (χ0) is 21.3. The summed E-state index contributed by atoms with van der Waals surface area (Å²) in [5.74, 6) is 0.402. The predicted octanol–water partition coefficient (Wildman–Crippen LogP) is 4.29. The average Bonchev–Trinajstić information content (AvgIpc) is 3.01. The van der Waals surface area contributed by atoms with Gasteiger partial charge in [-0.05, 0) is 12.1 Å². The maximum absolute atomic E-state index is 13.0. The molecule has 0 spiro atoms. The van der Waals surface area contributed by atoms with Gasteiger partial charge in [0, 0.05) is 17.2 Å². The van der Waals surface area contributed by atoms with E-state index in [1.54, 1.807) is 0 Å². The predicted molar refractivity (Wildman–Crippen MR) is 88.3 cm³/mol. The number of alkyl halides is 6. The van der Waals surface area contributed by atoms with Gasteiger partial charge in [-0.3, -0.25) is 4.57 Å². The molecule has 2 rings (SSSR count). The summed E-state index contributed by atoms with van der Waals surface area (Å²) in [4.78, 5) is 8.79. The van der Waals surface area contributed by atoms with Gasteiger partial charge in [0.2, 0.25) is 0 Å². The third kappa shape index (κ3) is 3.71. The summed E-state index contributed by atoms with van der Waals surface area (Å²) in [5, 5.41) is 13.1. The van der Waals surface area contributed by atoms with E-state index < -0.39 is 23.5 Å². The number of nitrogens with zero attached hydrogens (tertiary/aromatic N) is 3. The molecule has 154 valence electrons. The van der Waals surface area contributed by atoms with E-state index in [9.17, 15) is 31.4 Å². The number of imidazole rings is 1. The largest absolute Gasteiger partial charge is 0.430 e. The lowest BCUT2D eigenvalue weighted by Crippen LogP contribution is -2.53. The number of aliphatic hydroxyl groups is 1. The van der Waals surface area contributed by atoms with Crippen molar-refractivity contribution < 1.29 is 36.3 Å². The van der Waals surface area contributed by atoms with Crippen LogP contribution in [-0.2, 0) is 10.4 Å². The van der Waals surface area contributed by atoms with Crippen LogP contribution in [0.4, 0.5) is 26.3 Å². The van der Waals surface area contributed by atoms with Gasteiger partial charge < -0.3 is 9.94 Å². The normalized spacial score (nSPS) is 13.5. The first-order chi connectivity index (χ1) is 12.8. The highest BCUT2D eigenvalue weighted by molar-refractivity contribution is 5.78. The molecule has 2 aromatic rings. The average molecular weight is 409 g/mol. The van der Waals surface area contributed by atoms with Crippen LogP contribution in [0.5, 0.6) is 0 Å². The molecule has 0 bridgehead atoms. The number of hydrogen-bond donors (Lipinski definition) is 1. The third-order valence-corrected chi connectivity index (χ3v) is 3.99. The summed E-state index contributed by atoms with van der Waals surface area (Å²) < 4.78 is 79.6. The fourth-order valence-corrected chi connectivity index (χ4v) is 2.61. The van der Waals surface area contributed by atoms with E-state index in [2.05, 4.69) is 15.0 Å². The summed E-state index contributed by atoms with van der Waals surface area (Å²) in [6.45, 7) is 3.63. The summed E-state index contributed by atoms with van der Waals surface area (Å²) in [6, 6.07) is 3.24. The molecule has 28 heavy (non-hydrogen) atoms. The Morgan fingerprint density at radius 2 is 1.61 bits per heavy atom. The second-order valence-electron chi connectivity index (χ2n) is 6.20. The molecular weight excluding hydrogens is 392 g/mol. The van der Waals surface area contributed by atoms with Crippen molar-refractivity contribution in [1.29, 1.82) is 0 Å². The second kappa shape index (κ2) is 7.46. The van der Waals surface area contributed by atoms with Crippen molar-refractivity contribution in [3.05, 3.63) is 47.5 Å². The van der Waals surface area contributed by atoms with Gasteiger partial charge in [0.25, 0.3) is 5.60 Å². The van der Waals surface area contributed by atoms with Crippen LogP contribution in [0.2, 0.25) is 0 Å². The third-order valence-electron chi connectivity index (χ3n) is 3.99. The zero-order valence-electron chi connectivity index (χ0n) is 15.0. The lowest BCUT2D eigenvalue weighted by Gasteiger charge is -2.32. The second-order valence-corrected chi connectivity index (χ2v) is 6.20. The smallest absolute Gasteiger partial charge is 0.399 e. The molecule has 1 N–H and O–H groups in total. The van der Waals surface area contributed by atoms with Crippen LogP contribution in [0.25, 0.3) is 5.69 Å². The highest BCUT2D eigenvalue weighted by atomic mass is 19.4. The zero-order valence-corrected chi connectivity index (χ0v) is 15.0.